The first-order valence-corrected chi connectivity index (χ1v) is 5.75. The van der Waals surface area contributed by atoms with Crippen LogP contribution in [0.5, 0.6) is 0 Å². The molecule has 0 atom stereocenters. The van der Waals surface area contributed by atoms with Crippen molar-refractivity contribution in [2.24, 2.45) is 0 Å². The van der Waals surface area contributed by atoms with Crippen molar-refractivity contribution in [3.05, 3.63) is 53.1 Å². The fraction of sp³-hybridized carbons (Fsp3) is 0.231. The van der Waals surface area contributed by atoms with Gasteiger partial charge in [-0.1, -0.05) is 6.92 Å². The van der Waals surface area contributed by atoms with Gasteiger partial charge in [0.15, 0.2) is 23.2 Å². The SMILES string of the molecule is CCCn1cc(C(=O)c2ccc(F)c(F)c2F)cn1. The van der Waals surface area contributed by atoms with Crippen LogP contribution in [0.2, 0.25) is 0 Å². The number of rotatable bonds is 4. The summed E-state index contributed by atoms with van der Waals surface area (Å²) in [7, 11) is 0. The normalized spacial score (nSPS) is 10.7. The number of hydrogen-bond donors (Lipinski definition) is 0. The van der Waals surface area contributed by atoms with Crippen molar-refractivity contribution in [2.75, 3.05) is 0 Å². The number of ketones is 1. The Hall–Kier alpha value is -2.11. The molecule has 19 heavy (non-hydrogen) atoms. The minimum absolute atomic E-state index is 0.137. The monoisotopic (exact) mass is 268 g/mol. The van der Waals surface area contributed by atoms with Gasteiger partial charge >= 0.3 is 0 Å². The number of nitrogens with zero attached hydrogens (tertiary/aromatic N) is 2. The average Bonchev–Trinajstić information content (AvgIpc) is 2.85. The van der Waals surface area contributed by atoms with Crippen LogP contribution in [0.4, 0.5) is 13.2 Å². The Kier molecular flexibility index (Phi) is 3.69. The van der Waals surface area contributed by atoms with Crippen LogP contribution in [0.3, 0.4) is 0 Å². The van der Waals surface area contributed by atoms with Crippen LogP contribution < -0.4 is 0 Å². The van der Waals surface area contributed by atoms with E-state index in [9.17, 15) is 18.0 Å². The van der Waals surface area contributed by atoms with Crippen molar-refractivity contribution in [1.82, 2.24) is 9.78 Å². The van der Waals surface area contributed by atoms with Gasteiger partial charge < -0.3 is 0 Å². The van der Waals surface area contributed by atoms with Crippen molar-refractivity contribution in [1.29, 1.82) is 0 Å². The number of carbonyl (C=O) groups is 1. The smallest absolute Gasteiger partial charge is 0.199 e. The molecule has 1 heterocycles. The first-order valence-electron chi connectivity index (χ1n) is 5.75. The Labute approximate surface area is 107 Å². The molecule has 0 spiro atoms. The summed E-state index contributed by atoms with van der Waals surface area (Å²) < 4.78 is 40.9. The van der Waals surface area contributed by atoms with E-state index in [0.717, 1.165) is 18.6 Å². The van der Waals surface area contributed by atoms with E-state index in [1.54, 1.807) is 0 Å². The van der Waals surface area contributed by atoms with Crippen molar-refractivity contribution in [3.8, 4) is 0 Å². The maximum Gasteiger partial charge on any atom is 0.199 e. The third-order valence-electron chi connectivity index (χ3n) is 2.63. The van der Waals surface area contributed by atoms with E-state index >= 15 is 0 Å². The van der Waals surface area contributed by atoms with Gasteiger partial charge in [0.2, 0.25) is 0 Å². The molecule has 0 amide bonds. The number of aromatic nitrogens is 2. The molecule has 0 aliphatic carbocycles. The molecule has 0 aliphatic rings. The van der Waals surface area contributed by atoms with E-state index in [1.165, 1.54) is 17.1 Å². The fourth-order valence-electron chi connectivity index (χ4n) is 1.69. The largest absolute Gasteiger partial charge is 0.288 e. The molecule has 1 aromatic carbocycles. The second kappa shape index (κ2) is 5.26. The van der Waals surface area contributed by atoms with Crippen LogP contribution in [-0.2, 0) is 6.54 Å². The van der Waals surface area contributed by atoms with Gasteiger partial charge in [-0.05, 0) is 18.6 Å². The predicted octanol–water partition coefficient (Wildman–Crippen LogP) is 2.94. The van der Waals surface area contributed by atoms with Gasteiger partial charge in [-0.2, -0.15) is 5.10 Å². The summed E-state index contributed by atoms with van der Waals surface area (Å²) in [5, 5.41) is 3.93. The lowest BCUT2D eigenvalue weighted by molar-refractivity contribution is 0.103. The third-order valence-corrected chi connectivity index (χ3v) is 2.63. The summed E-state index contributed by atoms with van der Waals surface area (Å²) in [5.41, 5.74) is -0.367. The van der Waals surface area contributed by atoms with E-state index in [2.05, 4.69) is 5.10 Å². The highest BCUT2D eigenvalue weighted by Gasteiger charge is 2.20. The van der Waals surface area contributed by atoms with E-state index in [4.69, 9.17) is 0 Å². The van der Waals surface area contributed by atoms with E-state index in [0.29, 0.717) is 6.54 Å². The molecule has 2 aromatic rings. The van der Waals surface area contributed by atoms with Gasteiger partial charge in [-0.15, -0.1) is 0 Å². The van der Waals surface area contributed by atoms with Gasteiger partial charge in [-0.25, -0.2) is 13.2 Å². The Morgan fingerprint density at radius 2 is 2.00 bits per heavy atom. The lowest BCUT2D eigenvalue weighted by atomic mass is 10.1. The fourth-order valence-corrected chi connectivity index (χ4v) is 1.69. The first kappa shape index (κ1) is 13.3. The molecule has 0 N–H and O–H groups in total. The molecule has 1 aromatic heterocycles. The number of hydrogen-bond acceptors (Lipinski definition) is 2. The highest BCUT2D eigenvalue weighted by atomic mass is 19.2. The van der Waals surface area contributed by atoms with Crippen molar-refractivity contribution >= 4 is 5.78 Å². The Morgan fingerprint density at radius 3 is 2.68 bits per heavy atom. The highest BCUT2D eigenvalue weighted by molar-refractivity contribution is 6.08. The van der Waals surface area contributed by atoms with Crippen LogP contribution in [0.25, 0.3) is 0 Å². The molecule has 0 saturated heterocycles. The quantitative estimate of drug-likeness (QED) is 0.631. The number of halogens is 3. The maximum absolute atomic E-state index is 13.5. The van der Waals surface area contributed by atoms with Gasteiger partial charge in [0.05, 0.1) is 17.3 Å². The zero-order valence-electron chi connectivity index (χ0n) is 10.2. The van der Waals surface area contributed by atoms with Gasteiger partial charge in [0.25, 0.3) is 0 Å². The summed E-state index contributed by atoms with van der Waals surface area (Å²) in [4.78, 5) is 12.0. The summed E-state index contributed by atoms with van der Waals surface area (Å²) in [6.07, 6.45) is 3.56. The van der Waals surface area contributed by atoms with E-state index < -0.39 is 28.8 Å². The van der Waals surface area contributed by atoms with Gasteiger partial charge in [-0.3, -0.25) is 9.48 Å². The summed E-state index contributed by atoms with van der Waals surface area (Å²) in [6, 6.07) is 1.65. The molecular formula is C13H11F3N2O. The van der Waals surface area contributed by atoms with Crippen molar-refractivity contribution in [3.63, 3.8) is 0 Å². The second-order valence-electron chi connectivity index (χ2n) is 4.04. The molecule has 3 nitrogen and oxygen atoms in total. The second-order valence-corrected chi connectivity index (χ2v) is 4.04. The Balaban J connectivity index is 2.36. The number of carbonyl (C=O) groups excluding carboxylic acids is 1. The van der Waals surface area contributed by atoms with E-state index in [1.807, 2.05) is 6.92 Å². The minimum atomic E-state index is -1.65. The Bertz CT molecular complexity index is 622. The highest BCUT2D eigenvalue weighted by Crippen LogP contribution is 2.18. The predicted molar refractivity (Wildman–Crippen MR) is 62.3 cm³/mol. The van der Waals surface area contributed by atoms with E-state index in [-0.39, 0.29) is 5.56 Å². The topological polar surface area (TPSA) is 34.9 Å². The standard InChI is InChI=1S/C13H11F3N2O/c1-2-5-18-7-8(6-17-18)13(19)9-3-4-10(14)12(16)11(9)15/h3-4,6-7H,2,5H2,1H3. The molecular weight excluding hydrogens is 257 g/mol. The molecule has 0 radical (unpaired) electrons. The molecule has 0 aliphatic heterocycles. The van der Waals surface area contributed by atoms with Gasteiger partial charge in [0.1, 0.15) is 0 Å². The van der Waals surface area contributed by atoms with Crippen LogP contribution in [0.15, 0.2) is 24.5 Å². The molecule has 0 fully saturated rings. The zero-order valence-corrected chi connectivity index (χ0v) is 10.2. The van der Waals surface area contributed by atoms with Crippen LogP contribution in [0.1, 0.15) is 29.3 Å². The summed E-state index contributed by atoms with van der Waals surface area (Å²) >= 11 is 0. The van der Waals surface area contributed by atoms with Crippen molar-refractivity contribution in [2.45, 2.75) is 19.9 Å². The van der Waals surface area contributed by atoms with Crippen LogP contribution >= 0.6 is 0 Å². The molecule has 0 bridgehead atoms. The van der Waals surface area contributed by atoms with Crippen LogP contribution in [0, 0.1) is 17.5 Å². The lowest BCUT2D eigenvalue weighted by Crippen LogP contribution is -2.06. The Morgan fingerprint density at radius 1 is 1.26 bits per heavy atom. The zero-order chi connectivity index (χ0) is 14.0. The molecule has 0 saturated carbocycles. The summed E-state index contributed by atoms with van der Waals surface area (Å²) in [5.74, 6) is -5.17. The lowest BCUT2D eigenvalue weighted by Gasteiger charge is -2.02. The molecule has 6 heteroatoms. The third kappa shape index (κ3) is 2.52. The van der Waals surface area contributed by atoms with Crippen LogP contribution in [-0.4, -0.2) is 15.6 Å². The molecule has 100 valence electrons. The van der Waals surface area contributed by atoms with Gasteiger partial charge in [0, 0.05) is 12.7 Å². The molecule has 0 unspecified atom stereocenters. The minimum Gasteiger partial charge on any atom is -0.288 e. The van der Waals surface area contributed by atoms with Crippen molar-refractivity contribution < 1.29 is 18.0 Å². The maximum atomic E-state index is 13.5. The average molecular weight is 268 g/mol. The first-order chi connectivity index (χ1) is 9.04. The molecule has 2 rings (SSSR count). The summed E-state index contributed by atoms with van der Waals surface area (Å²) in [6.45, 7) is 2.56. The number of aryl methyl sites for hydroxylation is 1. The number of benzene rings is 1.